The Bertz CT molecular complexity index is 506. The molecule has 3 N–H and O–H groups in total. The highest BCUT2D eigenvalue weighted by Crippen LogP contribution is 2.07. The topological polar surface area (TPSA) is 71.6 Å². The minimum absolute atomic E-state index is 0.0529. The van der Waals surface area contributed by atoms with Gasteiger partial charge in [-0.2, -0.15) is 0 Å². The normalized spacial score (nSPS) is 11.9. The summed E-state index contributed by atoms with van der Waals surface area (Å²) in [6.45, 7) is 6.95. The van der Waals surface area contributed by atoms with Crippen LogP contribution in [-0.4, -0.2) is 36.9 Å². The summed E-state index contributed by atoms with van der Waals surface area (Å²) in [5, 5.41) is 3.33. The minimum atomic E-state index is -0.259. The van der Waals surface area contributed by atoms with Crippen molar-refractivity contribution in [3.8, 4) is 0 Å². The zero-order chi connectivity index (χ0) is 17.2. The number of carbonyl (C=O) groups is 1. The molecule has 128 valence electrons. The van der Waals surface area contributed by atoms with E-state index < -0.39 is 0 Å². The molecule has 0 spiro atoms. The molecular formula is C16H25N3O3S. The Kier molecular flexibility index (Phi) is 8.53. The summed E-state index contributed by atoms with van der Waals surface area (Å²) in [6, 6.07) is 7.29. The van der Waals surface area contributed by atoms with Gasteiger partial charge in [-0.3, -0.25) is 15.6 Å². The van der Waals surface area contributed by atoms with Gasteiger partial charge in [-0.15, -0.1) is 0 Å². The SMILES string of the molecule is COC[C@H](C)NC(=S)NNC(=O)c1ccc(COC(C)C)cc1. The van der Waals surface area contributed by atoms with E-state index in [0.29, 0.717) is 23.9 Å². The van der Waals surface area contributed by atoms with Crippen LogP contribution in [0.3, 0.4) is 0 Å². The number of nitrogens with one attached hydrogen (secondary N) is 3. The van der Waals surface area contributed by atoms with Crippen LogP contribution in [0.25, 0.3) is 0 Å². The lowest BCUT2D eigenvalue weighted by atomic mass is 10.1. The largest absolute Gasteiger partial charge is 0.383 e. The molecule has 0 aliphatic carbocycles. The summed E-state index contributed by atoms with van der Waals surface area (Å²) in [6.07, 6.45) is 0.177. The molecule has 0 radical (unpaired) electrons. The molecule has 1 rings (SSSR count). The van der Waals surface area contributed by atoms with E-state index in [1.54, 1.807) is 19.2 Å². The van der Waals surface area contributed by atoms with Gasteiger partial charge in [0.2, 0.25) is 0 Å². The maximum absolute atomic E-state index is 12.0. The highest BCUT2D eigenvalue weighted by molar-refractivity contribution is 7.80. The Morgan fingerprint density at radius 3 is 2.39 bits per heavy atom. The molecule has 0 fully saturated rings. The lowest BCUT2D eigenvalue weighted by Gasteiger charge is -2.16. The van der Waals surface area contributed by atoms with Crippen molar-refractivity contribution in [2.75, 3.05) is 13.7 Å². The highest BCUT2D eigenvalue weighted by atomic mass is 32.1. The predicted octanol–water partition coefficient (Wildman–Crippen LogP) is 1.76. The number of hydrogen-bond donors (Lipinski definition) is 3. The average molecular weight is 339 g/mol. The van der Waals surface area contributed by atoms with Crippen LogP contribution in [0.1, 0.15) is 36.7 Å². The van der Waals surface area contributed by atoms with Crippen LogP contribution < -0.4 is 16.2 Å². The second-order valence-electron chi connectivity index (χ2n) is 5.47. The third-order valence-corrected chi connectivity index (χ3v) is 3.10. The first-order valence-corrected chi connectivity index (χ1v) is 7.89. The lowest BCUT2D eigenvalue weighted by molar-refractivity contribution is 0.0656. The van der Waals surface area contributed by atoms with Crippen molar-refractivity contribution >= 4 is 23.2 Å². The van der Waals surface area contributed by atoms with Crippen LogP contribution >= 0.6 is 12.2 Å². The summed E-state index contributed by atoms with van der Waals surface area (Å²) in [7, 11) is 1.62. The van der Waals surface area contributed by atoms with Crippen molar-refractivity contribution in [2.45, 2.75) is 39.5 Å². The Balaban J connectivity index is 2.41. The van der Waals surface area contributed by atoms with E-state index in [0.717, 1.165) is 5.56 Å². The fourth-order valence-corrected chi connectivity index (χ4v) is 2.00. The Hall–Kier alpha value is -1.70. The van der Waals surface area contributed by atoms with Gasteiger partial charge in [0.05, 0.1) is 19.3 Å². The van der Waals surface area contributed by atoms with E-state index in [9.17, 15) is 4.79 Å². The molecule has 1 atom stereocenters. The van der Waals surface area contributed by atoms with Gasteiger partial charge in [0, 0.05) is 18.7 Å². The van der Waals surface area contributed by atoms with Gasteiger partial charge in [0.25, 0.3) is 5.91 Å². The van der Waals surface area contributed by atoms with Crippen LogP contribution in [0.5, 0.6) is 0 Å². The highest BCUT2D eigenvalue weighted by Gasteiger charge is 2.07. The van der Waals surface area contributed by atoms with Gasteiger partial charge in [-0.25, -0.2) is 0 Å². The number of methoxy groups -OCH3 is 1. The third-order valence-electron chi connectivity index (χ3n) is 2.88. The molecule has 0 saturated heterocycles. The van der Waals surface area contributed by atoms with E-state index in [4.69, 9.17) is 21.7 Å². The summed E-state index contributed by atoms with van der Waals surface area (Å²) in [5.74, 6) is -0.259. The summed E-state index contributed by atoms with van der Waals surface area (Å²) in [5.41, 5.74) is 6.78. The van der Waals surface area contributed by atoms with E-state index in [-0.39, 0.29) is 18.1 Å². The fraction of sp³-hybridized carbons (Fsp3) is 0.500. The molecule has 0 heterocycles. The van der Waals surface area contributed by atoms with Crippen molar-refractivity contribution in [3.63, 3.8) is 0 Å². The maximum Gasteiger partial charge on any atom is 0.269 e. The summed E-state index contributed by atoms with van der Waals surface area (Å²) < 4.78 is 10.5. The maximum atomic E-state index is 12.0. The molecule has 0 aliphatic rings. The average Bonchev–Trinajstić information content (AvgIpc) is 2.51. The zero-order valence-electron chi connectivity index (χ0n) is 14.0. The van der Waals surface area contributed by atoms with E-state index >= 15 is 0 Å². The smallest absolute Gasteiger partial charge is 0.269 e. The Morgan fingerprint density at radius 1 is 1.17 bits per heavy atom. The van der Waals surface area contributed by atoms with Gasteiger partial charge >= 0.3 is 0 Å². The zero-order valence-corrected chi connectivity index (χ0v) is 14.8. The molecule has 0 aliphatic heterocycles. The Morgan fingerprint density at radius 2 is 1.83 bits per heavy atom. The van der Waals surface area contributed by atoms with Crippen LogP contribution in [0.4, 0.5) is 0 Å². The number of benzene rings is 1. The fourth-order valence-electron chi connectivity index (χ4n) is 1.75. The van der Waals surface area contributed by atoms with Gasteiger partial charge in [-0.05, 0) is 50.7 Å². The predicted molar refractivity (Wildman–Crippen MR) is 94.0 cm³/mol. The molecule has 23 heavy (non-hydrogen) atoms. The first-order valence-electron chi connectivity index (χ1n) is 7.48. The molecule has 0 saturated carbocycles. The molecule has 1 aromatic carbocycles. The van der Waals surface area contributed by atoms with Crippen molar-refractivity contribution in [1.82, 2.24) is 16.2 Å². The van der Waals surface area contributed by atoms with Gasteiger partial charge in [0.1, 0.15) is 0 Å². The number of carbonyl (C=O) groups excluding carboxylic acids is 1. The van der Waals surface area contributed by atoms with Crippen molar-refractivity contribution in [2.24, 2.45) is 0 Å². The molecule has 0 aromatic heterocycles. The van der Waals surface area contributed by atoms with Crippen molar-refractivity contribution in [3.05, 3.63) is 35.4 Å². The van der Waals surface area contributed by atoms with Crippen LogP contribution in [0.15, 0.2) is 24.3 Å². The summed E-state index contributed by atoms with van der Waals surface area (Å²) in [4.78, 5) is 12.0. The molecule has 1 aromatic rings. The molecule has 7 heteroatoms. The molecule has 0 unspecified atom stereocenters. The number of rotatable bonds is 7. The second kappa shape index (κ2) is 10.1. The van der Waals surface area contributed by atoms with Crippen molar-refractivity contribution in [1.29, 1.82) is 0 Å². The van der Waals surface area contributed by atoms with E-state index in [2.05, 4.69) is 16.2 Å². The monoisotopic (exact) mass is 339 g/mol. The first-order chi connectivity index (χ1) is 10.9. The van der Waals surface area contributed by atoms with Gasteiger partial charge in [0.15, 0.2) is 5.11 Å². The lowest BCUT2D eigenvalue weighted by Crippen LogP contribution is -2.49. The van der Waals surface area contributed by atoms with Crippen LogP contribution in [0, 0.1) is 0 Å². The van der Waals surface area contributed by atoms with E-state index in [1.807, 2.05) is 32.9 Å². The van der Waals surface area contributed by atoms with Crippen LogP contribution in [0.2, 0.25) is 0 Å². The van der Waals surface area contributed by atoms with Crippen molar-refractivity contribution < 1.29 is 14.3 Å². The number of hydrogen-bond acceptors (Lipinski definition) is 4. The number of thiocarbonyl (C=S) groups is 1. The van der Waals surface area contributed by atoms with Crippen LogP contribution in [-0.2, 0) is 16.1 Å². The Labute approximate surface area is 142 Å². The number of amides is 1. The third kappa shape index (κ3) is 7.92. The number of hydrazine groups is 1. The number of ether oxygens (including phenoxy) is 2. The molecule has 6 nitrogen and oxygen atoms in total. The van der Waals surface area contributed by atoms with Gasteiger partial charge in [-0.1, -0.05) is 12.1 Å². The second-order valence-corrected chi connectivity index (χ2v) is 5.87. The minimum Gasteiger partial charge on any atom is -0.383 e. The van der Waals surface area contributed by atoms with Gasteiger partial charge < -0.3 is 14.8 Å². The molecular weight excluding hydrogens is 314 g/mol. The molecule has 0 bridgehead atoms. The first kappa shape index (κ1) is 19.3. The summed E-state index contributed by atoms with van der Waals surface area (Å²) >= 11 is 5.08. The quantitative estimate of drug-likeness (QED) is 0.519. The molecule has 1 amide bonds. The standard InChI is InChI=1S/C16H25N3O3S/c1-11(2)22-10-13-5-7-14(8-6-13)15(20)18-19-16(23)17-12(3)9-21-4/h5-8,11-12H,9-10H2,1-4H3,(H,18,20)(H2,17,19,23)/t12-/m0/s1. The van der Waals surface area contributed by atoms with E-state index in [1.165, 1.54) is 0 Å².